The van der Waals surface area contributed by atoms with Crippen LogP contribution in [0.4, 0.5) is 5.82 Å². The molecule has 4 aromatic heterocycles. The summed E-state index contributed by atoms with van der Waals surface area (Å²) in [5, 5.41) is 8.75. The van der Waals surface area contributed by atoms with Gasteiger partial charge in [0.1, 0.15) is 5.82 Å². The van der Waals surface area contributed by atoms with Crippen molar-refractivity contribution in [2.75, 3.05) is 5.73 Å². The fourth-order valence-corrected chi connectivity index (χ4v) is 2.77. The topological polar surface area (TPSA) is 93.4 Å². The van der Waals surface area contributed by atoms with E-state index in [0.29, 0.717) is 5.82 Å². The number of aryl methyl sites for hydroxylation is 1. The number of pyridine rings is 3. The zero-order valence-electron chi connectivity index (χ0n) is 12.5. The second-order valence-corrected chi connectivity index (χ2v) is 5.32. The van der Waals surface area contributed by atoms with Crippen molar-refractivity contribution in [3.8, 4) is 22.4 Å². The third-order valence-corrected chi connectivity index (χ3v) is 3.92. The summed E-state index contributed by atoms with van der Waals surface area (Å²) < 4.78 is 0. The lowest BCUT2D eigenvalue weighted by molar-refractivity contribution is 1.09. The van der Waals surface area contributed by atoms with Crippen LogP contribution in [0.1, 0.15) is 5.56 Å². The Morgan fingerprint density at radius 3 is 2.61 bits per heavy atom. The van der Waals surface area contributed by atoms with Crippen molar-refractivity contribution >= 4 is 16.6 Å². The van der Waals surface area contributed by atoms with Crippen LogP contribution in [0.2, 0.25) is 0 Å². The van der Waals surface area contributed by atoms with Crippen LogP contribution in [0.5, 0.6) is 0 Å². The molecule has 0 atom stereocenters. The van der Waals surface area contributed by atoms with Crippen LogP contribution in [0.3, 0.4) is 0 Å². The molecule has 0 radical (unpaired) electrons. The number of anilines is 1. The molecular formula is C17H14N6. The average Bonchev–Trinajstić information content (AvgIpc) is 3.09. The van der Waals surface area contributed by atoms with E-state index in [9.17, 15) is 0 Å². The molecule has 0 aliphatic carbocycles. The number of hydrogen-bond donors (Lipinski definition) is 2. The zero-order chi connectivity index (χ0) is 15.8. The highest BCUT2D eigenvalue weighted by molar-refractivity contribution is 6.06. The Bertz CT molecular complexity index is 991. The Kier molecular flexibility index (Phi) is 3.01. The molecule has 112 valence electrons. The number of rotatable bonds is 2. The van der Waals surface area contributed by atoms with Crippen molar-refractivity contribution in [2.45, 2.75) is 6.92 Å². The number of hydrogen-bond acceptors (Lipinski definition) is 5. The van der Waals surface area contributed by atoms with Gasteiger partial charge in [-0.1, -0.05) is 0 Å². The van der Waals surface area contributed by atoms with E-state index in [1.165, 1.54) is 0 Å². The molecule has 4 aromatic rings. The molecule has 6 nitrogen and oxygen atoms in total. The Morgan fingerprint density at radius 1 is 1.00 bits per heavy atom. The van der Waals surface area contributed by atoms with Gasteiger partial charge in [-0.3, -0.25) is 15.1 Å². The van der Waals surface area contributed by atoms with Gasteiger partial charge >= 0.3 is 0 Å². The van der Waals surface area contributed by atoms with E-state index in [2.05, 4.69) is 25.1 Å². The summed E-state index contributed by atoms with van der Waals surface area (Å²) in [6, 6.07) is 3.91. The van der Waals surface area contributed by atoms with E-state index in [4.69, 9.17) is 5.73 Å². The third kappa shape index (κ3) is 2.12. The van der Waals surface area contributed by atoms with E-state index in [0.717, 1.165) is 38.7 Å². The van der Waals surface area contributed by atoms with E-state index in [1.54, 1.807) is 24.8 Å². The highest BCUT2D eigenvalue weighted by Gasteiger charge is 2.18. The summed E-state index contributed by atoms with van der Waals surface area (Å²) in [6.07, 6.45) is 10.7. The maximum absolute atomic E-state index is 6.17. The minimum atomic E-state index is 0.457. The second kappa shape index (κ2) is 5.17. The molecule has 0 saturated carbocycles. The lowest BCUT2D eigenvalue weighted by atomic mass is 9.95. The Labute approximate surface area is 132 Å². The maximum atomic E-state index is 6.17. The van der Waals surface area contributed by atoms with Crippen molar-refractivity contribution in [3.63, 3.8) is 0 Å². The number of nitrogens with one attached hydrogen (secondary N) is 1. The first-order chi connectivity index (χ1) is 11.3. The molecular weight excluding hydrogens is 288 g/mol. The summed E-state index contributed by atoms with van der Waals surface area (Å²) in [7, 11) is 0. The van der Waals surface area contributed by atoms with Crippen LogP contribution in [-0.4, -0.2) is 25.1 Å². The second-order valence-electron chi connectivity index (χ2n) is 5.32. The predicted molar refractivity (Wildman–Crippen MR) is 89.5 cm³/mol. The van der Waals surface area contributed by atoms with Gasteiger partial charge < -0.3 is 5.73 Å². The van der Waals surface area contributed by atoms with Crippen LogP contribution >= 0.6 is 0 Å². The molecule has 0 aromatic carbocycles. The summed E-state index contributed by atoms with van der Waals surface area (Å²) >= 11 is 0. The standard InChI is InChI=1S/C17H14N6/c1-10-2-4-19-8-13(10)16-15(11-6-21-22-7-11)12-3-5-20-9-14(12)17(18)23-16/h2-9H,1H3,(H2,18,23)(H,21,22). The minimum absolute atomic E-state index is 0.457. The lowest BCUT2D eigenvalue weighted by Crippen LogP contribution is -1.99. The van der Waals surface area contributed by atoms with Gasteiger partial charge in [0.2, 0.25) is 0 Å². The number of aromatic amines is 1. The zero-order valence-corrected chi connectivity index (χ0v) is 12.5. The van der Waals surface area contributed by atoms with Crippen LogP contribution < -0.4 is 5.73 Å². The Balaban J connectivity index is 2.16. The minimum Gasteiger partial charge on any atom is -0.383 e. The first-order valence-corrected chi connectivity index (χ1v) is 7.19. The summed E-state index contributed by atoms with van der Waals surface area (Å²) in [5.74, 6) is 0.457. The molecule has 4 heterocycles. The number of aromatic nitrogens is 5. The van der Waals surface area contributed by atoms with E-state index >= 15 is 0 Å². The first-order valence-electron chi connectivity index (χ1n) is 7.19. The van der Waals surface area contributed by atoms with Gasteiger partial charge in [0, 0.05) is 53.1 Å². The lowest BCUT2D eigenvalue weighted by Gasteiger charge is -2.14. The molecule has 0 aliphatic rings. The van der Waals surface area contributed by atoms with Gasteiger partial charge in [-0.05, 0) is 30.0 Å². The monoisotopic (exact) mass is 302 g/mol. The first kappa shape index (κ1) is 13.4. The molecule has 0 amide bonds. The molecule has 23 heavy (non-hydrogen) atoms. The predicted octanol–water partition coefficient (Wildman–Crippen LogP) is 2.97. The van der Waals surface area contributed by atoms with E-state index in [1.807, 2.05) is 31.5 Å². The smallest absolute Gasteiger partial charge is 0.133 e. The molecule has 0 aliphatic heterocycles. The van der Waals surface area contributed by atoms with E-state index < -0.39 is 0 Å². The number of nitrogens with zero attached hydrogens (tertiary/aromatic N) is 4. The number of nitrogens with two attached hydrogens (primary N) is 1. The summed E-state index contributed by atoms with van der Waals surface area (Å²) in [5.41, 5.74) is 10.9. The molecule has 0 spiro atoms. The van der Waals surface area contributed by atoms with Crippen molar-refractivity contribution in [2.24, 2.45) is 0 Å². The molecule has 6 heteroatoms. The Hall–Kier alpha value is -3.28. The van der Waals surface area contributed by atoms with Crippen molar-refractivity contribution in [1.82, 2.24) is 25.1 Å². The van der Waals surface area contributed by atoms with Gasteiger partial charge in [-0.25, -0.2) is 4.98 Å². The highest BCUT2D eigenvalue weighted by atomic mass is 15.1. The molecule has 0 fully saturated rings. The highest BCUT2D eigenvalue weighted by Crippen LogP contribution is 2.38. The third-order valence-electron chi connectivity index (χ3n) is 3.92. The summed E-state index contributed by atoms with van der Waals surface area (Å²) in [6.45, 7) is 2.03. The molecule has 3 N–H and O–H groups in total. The fraction of sp³-hybridized carbons (Fsp3) is 0.0588. The maximum Gasteiger partial charge on any atom is 0.133 e. The van der Waals surface area contributed by atoms with Gasteiger partial charge in [-0.15, -0.1) is 0 Å². The molecule has 0 saturated heterocycles. The molecule has 4 rings (SSSR count). The quantitative estimate of drug-likeness (QED) is 0.593. The van der Waals surface area contributed by atoms with Crippen molar-refractivity contribution < 1.29 is 0 Å². The number of nitrogen functional groups attached to an aromatic ring is 1. The van der Waals surface area contributed by atoms with Crippen molar-refractivity contribution in [3.05, 3.63) is 54.9 Å². The van der Waals surface area contributed by atoms with Gasteiger partial charge in [0.05, 0.1) is 11.9 Å². The van der Waals surface area contributed by atoms with Crippen LogP contribution in [-0.2, 0) is 0 Å². The Morgan fingerprint density at radius 2 is 1.83 bits per heavy atom. The van der Waals surface area contributed by atoms with Crippen LogP contribution in [0.25, 0.3) is 33.2 Å². The van der Waals surface area contributed by atoms with E-state index in [-0.39, 0.29) is 0 Å². The van der Waals surface area contributed by atoms with Crippen molar-refractivity contribution in [1.29, 1.82) is 0 Å². The van der Waals surface area contributed by atoms with Crippen LogP contribution in [0.15, 0.2) is 49.3 Å². The number of fused-ring (bicyclic) bond motifs is 1. The average molecular weight is 302 g/mol. The largest absolute Gasteiger partial charge is 0.383 e. The summed E-state index contributed by atoms with van der Waals surface area (Å²) in [4.78, 5) is 13.0. The van der Waals surface area contributed by atoms with Gasteiger partial charge in [0.25, 0.3) is 0 Å². The SMILES string of the molecule is Cc1ccncc1-c1nc(N)c2cnccc2c1-c1cn[nH]c1. The van der Waals surface area contributed by atoms with Gasteiger partial charge in [0.15, 0.2) is 0 Å². The normalized spacial score (nSPS) is 11.0. The van der Waals surface area contributed by atoms with Crippen LogP contribution in [0, 0.1) is 6.92 Å². The molecule has 0 bridgehead atoms. The molecule has 0 unspecified atom stereocenters. The fourth-order valence-electron chi connectivity index (χ4n) is 2.77. The number of H-pyrrole nitrogens is 1. The van der Waals surface area contributed by atoms with Gasteiger partial charge in [-0.2, -0.15) is 5.10 Å².